The molecular formula is C16H21N3OS. The van der Waals surface area contributed by atoms with Crippen molar-refractivity contribution in [3.05, 3.63) is 46.3 Å². The average molecular weight is 303 g/mol. The first-order chi connectivity index (χ1) is 10.3. The van der Waals surface area contributed by atoms with E-state index in [4.69, 9.17) is 10.5 Å². The fourth-order valence-electron chi connectivity index (χ4n) is 2.72. The van der Waals surface area contributed by atoms with Gasteiger partial charge in [-0.2, -0.15) is 11.3 Å². The van der Waals surface area contributed by atoms with Crippen LogP contribution in [0.25, 0.3) is 0 Å². The second-order valence-corrected chi connectivity index (χ2v) is 6.27. The van der Waals surface area contributed by atoms with Crippen LogP contribution < -0.4 is 5.73 Å². The average Bonchev–Trinajstić information content (AvgIpc) is 2.99. The molecular weight excluding hydrogens is 282 g/mol. The van der Waals surface area contributed by atoms with Crippen LogP contribution in [0.1, 0.15) is 17.5 Å². The molecule has 1 unspecified atom stereocenters. The molecule has 2 N–H and O–H groups in total. The predicted octanol–water partition coefficient (Wildman–Crippen LogP) is 2.56. The van der Waals surface area contributed by atoms with Crippen molar-refractivity contribution in [2.75, 3.05) is 25.4 Å². The van der Waals surface area contributed by atoms with E-state index in [1.807, 2.05) is 12.1 Å². The first-order valence-electron chi connectivity index (χ1n) is 7.35. The summed E-state index contributed by atoms with van der Waals surface area (Å²) in [6.45, 7) is 3.89. The van der Waals surface area contributed by atoms with E-state index in [0.29, 0.717) is 11.9 Å². The van der Waals surface area contributed by atoms with Gasteiger partial charge in [-0.25, -0.2) is 4.98 Å². The number of pyridine rings is 1. The summed E-state index contributed by atoms with van der Waals surface area (Å²) in [6, 6.07) is 6.18. The molecule has 2 aromatic rings. The fourth-order valence-corrected chi connectivity index (χ4v) is 3.38. The lowest BCUT2D eigenvalue weighted by Crippen LogP contribution is -2.42. The van der Waals surface area contributed by atoms with Crippen molar-refractivity contribution in [3.8, 4) is 0 Å². The largest absolute Gasteiger partial charge is 0.384 e. The summed E-state index contributed by atoms with van der Waals surface area (Å²) in [5.74, 6) is 0.594. The number of anilines is 1. The molecule has 4 nitrogen and oxygen atoms in total. The van der Waals surface area contributed by atoms with Crippen LogP contribution in [-0.4, -0.2) is 35.7 Å². The van der Waals surface area contributed by atoms with E-state index in [0.717, 1.165) is 39.1 Å². The quantitative estimate of drug-likeness (QED) is 0.922. The molecule has 112 valence electrons. The number of hydrogen-bond acceptors (Lipinski definition) is 5. The molecule has 0 radical (unpaired) electrons. The van der Waals surface area contributed by atoms with Crippen molar-refractivity contribution in [3.63, 3.8) is 0 Å². The number of nitrogen functional groups attached to an aromatic ring is 1. The maximum atomic E-state index is 5.89. The number of ether oxygens (including phenoxy) is 1. The molecule has 1 atom stereocenters. The van der Waals surface area contributed by atoms with Gasteiger partial charge < -0.3 is 10.5 Å². The minimum Gasteiger partial charge on any atom is -0.384 e. The van der Waals surface area contributed by atoms with Gasteiger partial charge in [0.15, 0.2) is 0 Å². The Labute approximate surface area is 129 Å². The minimum atomic E-state index is 0.312. The highest BCUT2D eigenvalue weighted by atomic mass is 32.1. The van der Waals surface area contributed by atoms with E-state index >= 15 is 0 Å². The molecule has 0 bridgehead atoms. The van der Waals surface area contributed by atoms with Crippen LogP contribution in [0.15, 0.2) is 35.2 Å². The summed E-state index contributed by atoms with van der Waals surface area (Å²) < 4.78 is 5.89. The third kappa shape index (κ3) is 4.27. The summed E-state index contributed by atoms with van der Waals surface area (Å²) in [7, 11) is 0. The lowest BCUT2D eigenvalue weighted by atomic mass is 10.1. The smallest absolute Gasteiger partial charge is 0.123 e. The van der Waals surface area contributed by atoms with E-state index in [1.54, 1.807) is 17.5 Å². The van der Waals surface area contributed by atoms with Crippen molar-refractivity contribution >= 4 is 17.2 Å². The Morgan fingerprint density at radius 1 is 1.38 bits per heavy atom. The molecule has 3 heterocycles. The Morgan fingerprint density at radius 3 is 3.14 bits per heavy atom. The van der Waals surface area contributed by atoms with Gasteiger partial charge in [0, 0.05) is 25.8 Å². The van der Waals surface area contributed by atoms with E-state index in [2.05, 4.69) is 26.7 Å². The maximum Gasteiger partial charge on any atom is 0.123 e. The zero-order valence-electron chi connectivity index (χ0n) is 12.1. The molecule has 5 heteroatoms. The van der Waals surface area contributed by atoms with Gasteiger partial charge in [-0.05, 0) is 52.9 Å². The van der Waals surface area contributed by atoms with Crippen LogP contribution in [-0.2, 0) is 17.7 Å². The van der Waals surface area contributed by atoms with E-state index < -0.39 is 0 Å². The van der Waals surface area contributed by atoms with Crippen LogP contribution in [0.4, 0.5) is 5.82 Å². The van der Waals surface area contributed by atoms with Gasteiger partial charge in [-0.15, -0.1) is 0 Å². The van der Waals surface area contributed by atoms with Gasteiger partial charge in [-0.3, -0.25) is 4.90 Å². The number of hydrogen-bond donors (Lipinski definition) is 1. The van der Waals surface area contributed by atoms with E-state index in [-0.39, 0.29) is 0 Å². The van der Waals surface area contributed by atoms with E-state index in [9.17, 15) is 0 Å². The molecule has 0 amide bonds. The first kappa shape index (κ1) is 14.5. The van der Waals surface area contributed by atoms with Crippen molar-refractivity contribution in [2.24, 2.45) is 0 Å². The Balaban J connectivity index is 1.49. The van der Waals surface area contributed by atoms with Crippen molar-refractivity contribution in [1.29, 1.82) is 0 Å². The summed E-state index contributed by atoms with van der Waals surface area (Å²) >= 11 is 1.76. The molecule has 1 aliphatic heterocycles. The zero-order chi connectivity index (χ0) is 14.5. The molecule has 0 aliphatic carbocycles. The van der Waals surface area contributed by atoms with Crippen LogP contribution in [0.5, 0.6) is 0 Å². The number of morpholine rings is 1. The van der Waals surface area contributed by atoms with Gasteiger partial charge in [0.05, 0.1) is 12.7 Å². The SMILES string of the molecule is Nc1cc(CCC2CN(Cc3ccsc3)CCO2)ccn1. The number of nitrogens with zero attached hydrogens (tertiary/aromatic N) is 2. The number of thiophene rings is 1. The summed E-state index contributed by atoms with van der Waals surface area (Å²) in [5.41, 5.74) is 8.36. The molecule has 1 aliphatic rings. The molecule has 2 aromatic heterocycles. The zero-order valence-corrected chi connectivity index (χ0v) is 12.9. The Hall–Kier alpha value is -1.43. The van der Waals surface area contributed by atoms with Crippen LogP contribution >= 0.6 is 11.3 Å². The van der Waals surface area contributed by atoms with Crippen molar-refractivity contribution in [1.82, 2.24) is 9.88 Å². The van der Waals surface area contributed by atoms with Gasteiger partial charge in [-0.1, -0.05) is 0 Å². The van der Waals surface area contributed by atoms with Crippen LogP contribution in [0.3, 0.4) is 0 Å². The third-order valence-electron chi connectivity index (χ3n) is 3.81. The summed E-state index contributed by atoms with van der Waals surface area (Å²) in [5, 5.41) is 4.37. The summed E-state index contributed by atoms with van der Waals surface area (Å²) in [6.07, 6.45) is 4.11. The van der Waals surface area contributed by atoms with Gasteiger partial charge in [0.25, 0.3) is 0 Å². The highest BCUT2D eigenvalue weighted by Gasteiger charge is 2.20. The second kappa shape index (κ2) is 7.02. The number of aromatic nitrogens is 1. The van der Waals surface area contributed by atoms with Crippen molar-refractivity contribution < 1.29 is 4.74 Å². The topological polar surface area (TPSA) is 51.4 Å². The molecule has 0 spiro atoms. The second-order valence-electron chi connectivity index (χ2n) is 5.49. The Bertz CT molecular complexity index is 558. The third-order valence-corrected chi connectivity index (χ3v) is 4.54. The number of nitrogens with two attached hydrogens (primary N) is 1. The lowest BCUT2D eigenvalue weighted by molar-refractivity contribution is -0.0345. The minimum absolute atomic E-state index is 0.312. The molecule has 1 saturated heterocycles. The lowest BCUT2D eigenvalue weighted by Gasteiger charge is -2.32. The van der Waals surface area contributed by atoms with Gasteiger partial charge in [0.1, 0.15) is 5.82 Å². The predicted molar refractivity (Wildman–Crippen MR) is 86.3 cm³/mol. The maximum absolute atomic E-state index is 5.89. The first-order valence-corrected chi connectivity index (χ1v) is 8.29. The highest BCUT2D eigenvalue weighted by molar-refractivity contribution is 7.07. The fraction of sp³-hybridized carbons (Fsp3) is 0.438. The Morgan fingerprint density at radius 2 is 2.33 bits per heavy atom. The summed E-state index contributed by atoms with van der Waals surface area (Å²) in [4.78, 5) is 6.51. The number of aryl methyl sites for hydroxylation is 1. The molecule has 0 aromatic carbocycles. The monoisotopic (exact) mass is 303 g/mol. The van der Waals surface area contributed by atoms with Crippen molar-refractivity contribution in [2.45, 2.75) is 25.5 Å². The molecule has 0 saturated carbocycles. The van der Waals surface area contributed by atoms with E-state index in [1.165, 1.54) is 11.1 Å². The molecule has 3 rings (SSSR count). The Kier molecular flexibility index (Phi) is 4.85. The standard InChI is InChI=1S/C16H21N3OS/c17-16-9-13(3-5-18-16)1-2-15-11-19(6-7-20-15)10-14-4-8-21-12-14/h3-5,8-9,12,15H,1-2,6-7,10-11H2,(H2,17,18). The van der Waals surface area contributed by atoms with Crippen LogP contribution in [0.2, 0.25) is 0 Å². The normalized spacial score (nSPS) is 19.7. The molecule has 21 heavy (non-hydrogen) atoms. The highest BCUT2D eigenvalue weighted by Crippen LogP contribution is 2.16. The van der Waals surface area contributed by atoms with Gasteiger partial charge in [0.2, 0.25) is 0 Å². The molecule has 1 fully saturated rings. The van der Waals surface area contributed by atoms with Gasteiger partial charge >= 0.3 is 0 Å². The van der Waals surface area contributed by atoms with Crippen LogP contribution in [0, 0.1) is 0 Å². The number of rotatable bonds is 5.